The molecule has 1 aromatic carbocycles. The lowest BCUT2D eigenvalue weighted by atomic mass is 10.0. The summed E-state index contributed by atoms with van der Waals surface area (Å²) in [6, 6.07) is 6.85. The Morgan fingerprint density at radius 1 is 1.30 bits per heavy atom. The van der Waals surface area contributed by atoms with E-state index in [1.54, 1.807) is 0 Å². The monoisotopic (exact) mass is 271 g/mol. The van der Waals surface area contributed by atoms with Crippen LogP contribution in [0.15, 0.2) is 22.6 Å². The van der Waals surface area contributed by atoms with E-state index in [2.05, 4.69) is 37.4 Å². The Morgan fingerprint density at radius 3 is 2.80 bits per heavy atom. The predicted molar refractivity (Wildman–Crippen MR) is 79.1 cm³/mol. The summed E-state index contributed by atoms with van der Waals surface area (Å²) in [5.74, 6) is 2.72. The SMILES string of the molecule is CNC(c1cc2ccc3c(c2o1)OC(C)(C)C3)C1CC1. The first-order valence-corrected chi connectivity index (χ1v) is 7.49. The van der Waals surface area contributed by atoms with Gasteiger partial charge in [-0.2, -0.15) is 0 Å². The van der Waals surface area contributed by atoms with Gasteiger partial charge in [-0.05, 0) is 45.7 Å². The number of nitrogens with one attached hydrogen (secondary N) is 1. The van der Waals surface area contributed by atoms with E-state index in [0.717, 1.165) is 34.8 Å². The first-order chi connectivity index (χ1) is 9.57. The minimum absolute atomic E-state index is 0.123. The zero-order chi connectivity index (χ0) is 13.9. The van der Waals surface area contributed by atoms with E-state index < -0.39 is 0 Å². The third-order valence-electron chi connectivity index (χ3n) is 4.45. The van der Waals surface area contributed by atoms with Crippen molar-refractivity contribution >= 4 is 11.0 Å². The molecule has 0 radical (unpaired) electrons. The molecule has 0 spiro atoms. The lowest BCUT2D eigenvalue weighted by Crippen LogP contribution is -2.24. The largest absolute Gasteiger partial charge is 0.483 e. The number of fused-ring (bicyclic) bond motifs is 3. The highest BCUT2D eigenvalue weighted by molar-refractivity contribution is 5.86. The average Bonchev–Trinajstić information content (AvgIpc) is 3.02. The minimum Gasteiger partial charge on any atom is -0.483 e. The topological polar surface area (TPSA) is 34.4 Å². The molecule has 2 heterocycles. The number of ether oxygens (including phenoxy) is 1. The molecule has 4 rings (SSSR count). The molecule has 1 aliphatic heterocycles. The second-order valence-corrected chi connectivity index (χ2v) is 6.76. The van der Waals surface area contributed by atoms with Gasteiger partial charge in [0.1, 0.15) is 11.4 Å². The summed E-state index contributed by atoms with van der Waals surface area (Å²) < 4.78 is 12.3. The van der Waals surface area contributed by atoms with E-state index in [9.17, 15) is 0 Å². The third-order valence-corrected chi connectivity index (χ3v) is 4.45. The lowest BCUT2D eigenvalue weighted by molar-refractivity contribution is 0.138. The van der Waals surface area contributed by atoms with Gasteiger partial charge in [0.15, 0.2) is 11.3 Å². The van der Waals surface area contributed by atoms with Gasteiger partial charge < -0.3 is 14.5 Å². The Morgan fingerprint density at radius 2 is 2.10 bits per heavy atom. The van der Waals surface area contributed by atoms with Crippen LogP contribution in [0, 0.1) is 5.92 Å². The highest BCUT2D eigenvalue weighted by Crippen LogP contribution is 2.45. The fraction of sp³-hybridized carbons (Fsp3) is 0.529. The van der Waals surface area contributed by atoms with Crippen molar-refractivity contribution < 1.29 is 9.15 Å². The van der Waals surface area contributed by atoms with Crippen molar-refractivity contribution in [2.45, 2.75) is 44.8 Å². The second-order valence-electron chi connectivity index (χ2n) is 6.76. The summed E-state index contributed by atoms with van der Waals surface area (Å²) in [4.78, 5) is 0. The molecule has 20 heavy (non-hydrogen) atoms. The zero-order valence-corrected chi connectivity index (χ0v) is 12.3. The Kier molecular flexibility index (Phi) is 2.46. The van der Waals surface area contributed by atoms with Gasteiger partial charge in [0, 0.05) is 17.4 Å². The summed E-state index contributed by atoms with van der Waals surface area (Å²) in [5, 5.41) is 4.54. The molecule has 1 fully saturated rings. The molecule has 2 aromatic rings. The van der Waals surface area contributed by atoms with E-state index in [1.807, 2.05) is 7.05 Å². The average molecular weight is 271 g/mol. The maximum absolute atomic E-state index is 6.17. The van der Waals surface area contributed by atoms with Crippen molar-refractivity contribution in [3.63, 3.8) is 0 Å². The summed E-state index contributed by atoms with van der Waals surface area (Å²) in [6.07, 6.45) is 3.54. The normalized spacial score (nSPS) is 21.8. The van der Waals surface area contributed by atoms with Crippen molar-refractivity contribution in [2.75, 3.05) is 7.05 Å². The molecule has 1 aliphatic carbocycles. The number of hydrogen-bond donors (Lipinski definition) is 1. The summed E-state index contributed by atoms with van der Waals surface area (Å²) >= 11 is 0. The molecule has 0 amide bonds. The van der Waals surface area contributed by atoms with Crippen LogP contribution in [0.25, 0.3) is 11.0 Å². The van der Waals surface area contributed by atoms with Gasteiger partial charge in [-0.3, -0.25) is 0 Å². The van der Waals surface area contributed by atoms with Gasteiger partial charge in [-0.15, -0.1) is 0 Å². The van der Waals surface area contributed by atoms with E-state index in [1.165, 1.54) is 18.4 Å². The fourth-order valence-electron chi connectivity index (χ4n) is 3.35. The Bertz CT molecular complexity index is 667. The van der Waals surface area contributed by atoms with Gasteiger partial charge in [-0.25, -0.2) is 0 Å². The van der Waals surface area contributed by atoms with Crippen molar-refractivity contribution in [2.24, 2.45) is 5.92 Å². The molecule has 0 bridgehead atoms. The van der Waals surface area contributed by atoms with Crippen LogP contribution in [-0.4, -0.2) is 12.6 Å². The molecule has 1 N–H and O–H groups in total. The maximum Gasteiger partial charge on any atom is 0.176 e. The zero-order valence-electron chi connectivity index (χ0n) is 12.3. The van der Waals surface area contributed by atoms with Crippen LogP contribution in [0.3, 0.4) is 0 Å². The quantitative estimate of drug-likeness (QED) is 0.921. The summed E-state index contributed by atoms with van der Waals surface area (Å²) in [5.41, 5.74) is 2.06. The lowest BCUT2D eigenvalue weighted by Gasteiger charge is -2.16. The number of hydrogen-bond acceptors (Lipinski definition) is 3. The molecule has 3 heteroatoms. The van der Waals surface area contributed by atoms with Gasteiger partial charge in [0.05, 0.1) is 6.04 Å². The highest BCUT2D eigenvalue weighted by Gasteiger charge is 2.36. The molecular formula is C17H21NO2. The number of benzene rings is 1. The van der Waals surface area contributed by atoms with Crippen LogP contribution in [0.5, 0.6) is 5.75 Å². The third kappa shape index (κ3) is 1.84. The molecule has 1 atom stereocenters. The second kappa shape index (κ2) is 4.01. The maximum atomic E-state index is 6.17. The minimum atomic E-state index is -0.123. The van der Waals surface area contributed by atoms with Crippen LogP contribution in [0.1, 0.15) is 44.1 Å². The fourth-order valence-corrected chi connectivity index (χ4v) is 3.35. The van der Waals surface area contributed by atoms with Crippen molar-refractivity contribution in [3.8, 4) is 5.75 Å². The van der Waals surface area contributed by atoms with E-state index in [4.69, 9.17) is 9.15 Å². The highest BCUT2D eigenvalue weighted by atomic mass is 16.5. The molecule has 3 nitrogen and oxygen atoms in total. The molecule has 2 aliphatic rings. The van der Waals surface area contributed by atoms with E-state index in [0.29, 0.717) is 6.04 Å². The molecule has 106 valence electrons. The Labute approximate surface area is 119 Å². The summed E-state index contributed by atoms with van der Waals surface area (Å²) in [6.45, 7) is 4.26. The van der Waals surface area contributed by atoms with E-state index >= 15 is 0 Å². The van der Waals surface area contributed by atoms with Crippen molar-refractivity contribution in [1.82, 2.24) is 5.32 Å². The van der Waals surface area contributed by atoms with Gasteiger partial charge >= 0.3 is 0 Å². The molecule has 0 saturated heterocycles. The standard InChI is InChI=1S/C17H21NO2/c1-17(2)9-12-7-6-11-8-13(14(18-3)10-4-5-10)19-15(11)16(12)20-17/h6-8,10,14,18H,4-5,9H2,1-3H3. The van der Waals surface area contributed by atoms with Gasteiger partial charge in [0.2, 0.25) is 0 Å². The van der Waals surface area contributed by atoms with Gasteiger partial charge in [-0.1, -0.05) is 12.1 Å². The molecule has 1 aromatic heterocycles. The van der Waals surface area contributed by atoms with Crippen LogP contribution in [0.2, 0.25) is 0 Å². The van der Waals surface area contributed by atoms with Crippen LogP contribution in [0.4, 0.5) is 0 Å². The Balaban J connectivity index is 1.81. The first-order valence-electron chi connectivity index (χ1n) is 7.49. The van der Waals surface area contributed by atoms with Crippen molar-refractivity contribution in [1.29, 1.82) is 0 Å². The Hall–Kier alpha value is -1.48. The first kappa shape index (κ1) is 12.3. The van der Waals surface area contributed by atoms with Crippen LogP contribution >= 0.6 is 0 Å². The molecular weight excluding hydrogens is 250 g/mol. The van der Waals surface area contributed by atoms with E-state index in [-0.39, 0.29) is 5.60 Å². The summed E-state index contributed by atoms with van der Waals surface area (Å²) in [7, 11) is 2.01. The predicted octanol–water partition coefficient (Wildman–Crippen LogP) is 3.82. The molecule has 1 unspecified atom stereocenters. The van der Waals surface area contributed by atoms with Crippen molar-refractivity contribution in [3.05, 3.63) is 29.5 Å². The van der Waals surface area contributed by atoms with Crippen LogP contribution < -0.4 is 10.1 Å². The van der Waals surface area contributed by atoms with Crippen LogP contribution in [-0.2, 0) is 6.42 Å². The smallest absolute Gasteiger partial charge is 0.176 e. The number of furan rings is 1. The van der Waals surface area contributed by atoms with Gasteiger partial charge in [0.25, 0.3) is 0 Å². The molecule has 1 saturated carbocycles. The number of rotatable bonds is 3.